The van der Waals surface area contributed by atoms with Crippen LogP contribution in [0.5, 0.6) is 0 Å². The molecule has 1 amide bonds. The predicted molar refractivity (Wildman–Crippen MR) is 156 cm³/mol. The number of amides is 1. The van der Waals surface area contributed by atoms with Gasteiger partial charge in [-0.15, -0.1) is 0 Å². The highest BCUT2D eigenvalue weighted by molar-refractivity contribution is 6.32. The molecule has 2 aliphatic heterocycles. The highest BCUT2D eigenvalue weighted by Gasteiger charge is 2.29. The third-order valence-corrected chi connectivity index (χ3v) is 8.33. The van der Waals surface area contributed by atoms with Gasteiger partial charge in [0.2, 0.25) is 11.9 Å². The lowest BCUT2D eigenvalue weighted by molar-refractivity contribution is -0.130. The number of hydrogen-bond donors (Lipinski definition) is 3. The standard InChI is InChI=1S/C29H36ClFN8O/c1-17-13-26(33-29-32-16-24(30)28(35-29)34-27-14-18(2)36-37-27)25(31)15-23(17)22-7-9-38(10-8-22)19(3)21-5-11-39(12-6-21)20(4)40/h13-16,21-22H,3,5-12H2,1-2,4H3,(H3,32,33,34,35,36,37). The highest BCUT2D eigenvalue weighted by Crippen LogP contribution is 2.36. The van der Waals surface area contributed by atoms with E-state index in [1.165, 1.54) is 11.9 Å². The summed E-state index contributed by atoms with van der Waals surface area (Å²) in [6.07, 6.45) is 5.29. The van der Waals surface area contributed by atoms with Crippen LogP contribution in [0.15, 0.2) is 36.7 Å². The van der Waals surface area contributed by atoms with Crippen molar-refractivity contribution in [3.8, 4) is 0 Å². The van der Waals surface area contributed by atoms with Crippen molar-refractivity contribution >= 4 is 40.8 Å². The molecule has 3 N–H and O–H groups in total. The Morgan fingerprint density at radius 2 is 1.77 bits per heavy atom. The maximum atomic E-state index is 15.3. The van der Waals surface area contributed by atoms with E-state index in [1.807, 2.05) is 30.9 Å². The Morgan fingerprint density at radius 3 is 2.42 bits per heavy atom. The van der Waals surface area contributed by atoms with Gasteiger partial charge in [0.25, 0.3) is 0 Å². The number of carbonyl (C=O) groups excluding carboxylic acids is 1. The smallest absolute Gasteiger partial charge is 0.229 e. The zero-order valence-corrected chi connectivity index (χ0v) is 24.0. The molecular weight excluding hydrogens is 531 g/mol. The number of rotatable bonds is 7. The van der Waals surface area contributed by atoms with E-state index in [-0.39, 0.29) is 23.6 Å². The summed E-state index contributed by atoms with van der Waals surface area (Å²) in [4.78, 5) is 24.6. The van der Waals surface area contributed by atoms with E-state index in [2.05, 4.69) is 42.3 Å². The van der Waals surface area contributed by atoms with Gasteiger partial charge in [-0.3, -0.25) is 9.89 Å². The average Bonchev–Trinajstić information content (AvgIpc) is 3.36. The Morgan fingerprint density at radius 1 is 1.07 bits per heavy atom. The van der Waals surface area contributed by atoms with Crippen LogP contribution in [0.3, 0.4) is 0 Å². The number of halogens is 2. The Kier molecular flexibility index (Phi) is 8.25. The first-order valence-electron chi connectivity index (χ1n) is 13.8. The van der Waals surface area contributed by atoms with Crippen LogP contribution in [-0.2, 0) is 4.79 Å². The number of nitrogens with one attached hydrogen (secondary N) is 3. The minimum absolute atomic E-state index is 0.149. The highest BCUT2D eigenvalue weighted by atomic mass is 35.5. The molecule has 0 radical (unpaired) electrons. The Labute approximate surface area is 239 Å². The van der Waals surface area contributed by atoms with Crippen molar-refractivity contribution in [1.82, 2.24) is 30.0 Å². The third-order valence-electron chi connectivity index (χ3n) is 8.05. The van der Waals surface area contributed by atoms with E-state index < -0.39 is 0 Å². The maximum absolute atomic E-state index is 15.3. The molecule has 0 unspecified atom stereocenters. The Bertz CT molecular complexity index is 1390. The van der Waals surface area contributed by atoms with Crippen molar-refractivity contribution in [3.63, 3.8) is 0 Å². The fraction of sp³-hybridized carbons (Fsp3) is 0.448. The number of aromatic nitrogens is 4. The second kappa shape index (κ2) is 11.8. The second-order valence-corrected chi connectivity index (χ2v) is 11.2. The number of benzene rings is 1. The number of carbonyl (C=O) groups is 1. The lowest BCUT2D eigenvalue weighted by Crippen LogP contribution is -2.41. The quantitative estimate of drug-likeness (QED) is 0.320. The molecule has 4 heterocycles. The summed E-state index contributed by atoms with van der Waals surface area (Å²) in [5.41, 5.74) is 4.45. The topological polar surface area (TPSA) is 102 Å². The molecule has 0 aliphatic carbocycles. The molecule has 2 fully saturated rings. The molecular formula is C29H36ClFN8O. The normalized spacial score (nSPS) is 16.7. The predicted octanol–water partition coefficient (Wildman–Crippen LogP) is 6.05. The summed E-state index contributed by atoms with van der Waals surface area (Å²) in [6, 6.07) is 5.29. The van der Waals surface area contributed by atoms with Gasteiger partial charge in [-0.2, -0.15) is 10.1 Å². The maximum Gasteiger partial charge on any atom is 0.229 e. The van der Waals surface area contributed by atoms with Gasteiger partial charge < -0.3 is 20.4 Å². The first-order chi connectivity index (χ1) is 19.2. The summed E-state index contributed by atoms with van der Waals surface area (Å²) in [5, 5.41) is 13.4. The number of hydrogen-bond acceptors (Lipinski definition) is 7. The summed E-state index contributed by atoms with van der Waals surface area (Å²) in [5.74, 6) is 1.68. The number of nitrogens with zero attached hydrogens (tertiary/aromatic N) is 5. The molecule has 212 valence electrons. The van der Waals surface area contributed by atoms with E-state index in [4.69, 9.17) is 11.6 Å². The molecule has 0 bridgehead atoms. The summed E-state index contributed by atoms with van der Waals surface area (Å²) < 4.78 is 15.3. The zero-order valence-electron chi connectivity index (χ0n) is 23.2. The van der Waals surface area contributed by atoms with Crippen LogP contribution >= 0.6 is 11.6 Å². The van der Waals surface area contributed by atoms with Gasteiger partial charge in [0.1, 0.15) is 10.8 Å². The lowest BCUT2D eigenvalue weighted by atomic mass is 9.85. The van der Waals surface area contributed by atoms with E-state index >= 15 is 4.39 Å². The number of piperidine rings is 2. The molecule has 0 saturated carbocycles. The number of aryl methyl sites for hydroxylation is 2. The van der Waals surface area contributed by atoms with Crippen molar-refractivity contribution in [2.45, 2.75) is 52.4 Å². The van der Waals surface area contributed by atoms with Crippen molar-refractivity contribution < 1.29 is 9.18 Å². The minimum atomic E-state index is -0.347. The molecule has 11 heteroatoms. The van der Waals surface area contributed by atoms with Gasteiger partial charge in [-0.1, -0.05) is 18.2 Å². The first-order valence-corrected chi connectivity index (χ1v) is 14.1. The van der Waals surface area contributed by atoms with Crippen molar-refractivity contribution in [2.75, 3.05) is 36.8 Å². The summed E-state index contributed by atoms with van der Waals surface area (Å²) >= 11 is 6.26. The van der Waals surface area contributed by atoms with E-state index in [1.54, 1.807) is 13.0 Å². The van der Waals surface area contributed by atoms with E-state index in [0.29, 0.717) is 28.3 Å². The number of aromatic amines is 1. The second-order valence-electron chi connectivity index (χ2n) is 10.8. The molecule has 2 aromatic heterocycles. The molecule has 1 aromatic carbocycles. The largest absolute Gasteiger partial charge is 0.375 e. The Hall–Kier alpha value is -3.66. The monoisotopic (exact) mass is 566 g/mol. The van der Waals surface area contributed by atoms with Gasteiger partial charge >= 0.3 is 0 Å². The van der Waals surface area contributed by atoms with Crippen LogP contribution in [-0.4, -0.2) is 62.1 Å². The van der Waals surface area contributed by atoms with Crippen molar-refractivity contribution in [1.29, 1.82) is 0 Å². The van der Waals surface area contributed by atoms with E-state index in [9.17, 15) is 4.79 Å². The number of likely N-dealkylation sites (tertiary alicyclic amines) is 2. The van der Waals surface area contributed by atoms with Crippen molar-refractivity contribution in [3.05, 3.63) is 64.3 Å². The third kappa shape index (κ3) is 6.22. The van der Waals surface area contributed by atoms with Gasteiger partial charge in [0.15, 0.2) is 11.6 Å². The van der Waals surface area contributed by atoms with Crippen LogP contribution in [0.4, 0.5) is 27.7 Å². The molecule has 2 aliphatic rings. The molecule has 3 aromatic rings. The van der Waals surface area contributed by atoms with Gasteiger partial charge in [0.05, 0.1) is 11.9 Å². The van der Waals surface area contributed by atoms with E-state index in [0.717, 1.165) is 68.7 Å². The first kappa shape index (κ1) is 27.9. The number of allylic oxidation sites excluding steroid dienone is 1. The van der Waals surface area contributed by atoms with Crippen molar-refractivity contribution in [2.24, 2.45) is 5.92 Å². The zero-order chi connectivity index (χ0) is 28.4. The molecule has 2 saturated heterocycles. The van der Waals surface area contributed by atoms with Crippen LogP contribution in [0.25, 0.3) is 0 Å². The number of H-pyrrole nitrogens is 1. The molecule has 0 atom stereocenters. The lowest BCUT2D eigenvalue weighted by Gasteiger charge is -2.40. The summed E-state index contributed by atoms with van der Waals surface area (Å²) in [6.45, 7) is 13.4. The van der Waals surface area contributed by atoms with Crippen LogP contribution in [0, 0.1) is 25.6 Å². The number of anilines is 4. The fourth-order valence-electron chi connectivity index (χ4n) is 5.73. The van der Waals surface area contributed by atoms with Gasteiger partial charge in [-0.25, -0.2) is 9.37 Å². The fourth-order valence-corrected chi connectivity index (χ4v) is 5.87. The van der Waals surface area contributed by atoms with Crippen LogP contribution < -0.4 is 10.6 Å². The Balaban J connectivity index is 1.21. The van der Waals surface area contributed by atoms with Gasteiger partial charge in [0, 0.05) is 56.5 Å². The molecule has 40 heavy (non-hydrogen) atoms. The SMILES string of the molecule is C=C(C1CCN(C(C)=O)CC1)N1CCC(c2cc(F)c(Nc3ncc(Cl)c(Nc4cc(C)[nH]n4)n3)cc2C)CC1. The molecule has 5 rings (SSSR count). The summed E-state index contributed by atoms with van der Waals surface area (Å²) in [7, 11) is 0. The molecule has 0 spiro atoms. The minimum Gasteiger partial charge on any atom is -0.375 e. The average molecular weight is 567 g/mol. The van der Waals surface area contributed by atoms with Crippen LogP contribution in [0.2, 0.25) is 5.02 Å². The van der Waals surface area contributed by atoms with Crippen LogP contribution in [0.1, 0.15) is 55.3 Å². The molecule has 9 nitrogen and oxygen atoms in total. The van der Waals surface area contributed by atoms with Gasteiger partial charge in [-0.05, 0) is 68.7 Å².